The Balaban J connectivity index is 2.09. The zero-order chi connectivity index (χ0) is 13.2. The Morgan fingerprint density at radius 3 is 2.67 bits per heavy atom. The SMILES string of the molecule is CCNC(C)CCCCN(C)Cc1ccncc1. The number of hydrogen-bond acceptors (Lipinski definition) is 3. The Labute approximate surface area is 112 Å². The molecule has 102 valence electrons. The summed E-state index contributed by atoms with van der Waals surface area (Å²) < 4.78 is 0. The van der Waals surface area contributed by atoms with Crippen LogP contribution >= 0.6 is 0 Å². The highest BCUT2D eigenvalue weighted by atomic mass is 15.1. The summed E-state index contributed by atoms with van der Waals surface area (Å²) in [5.74, 6) is 0. The summed E-state index contributed by atoms with van der Waals surface area (Å²) in [5.41, 5.74) is 1.34. The van der Waals surface area contributed by atoms with Crippen LogP contribution in [0.25, 0.3) is 0 Å². The van der Waals surface area contributed by atoms with E-state index in [0.717, 1.165) is 13.1 Å². The molecule has 0 saturated heterocycles. The molecule has 0 aliphatic heterocycles. The number of hydrogen-bond donors (Lipinski definition) is 1. The molecular formula is C15H27N3. The molecule has 1 atom stereocenters. The van der Waals surface area contributed by atoms with E-state index in [-0.39, 0.29) is 0 Å². The molecule has 1 heterocycles. The molecule has 0 bridgehead atoms. The summed E-state index contributed by atoms with van der Waals surface area (Å²) in [6.45, 7) is 7.69. The second kappa shape index (κ2) is 9.06. The molecule has 1 N–H and O–H groups in total. The fourth-order valence-corrected chi connectivity index (χ4v) is 2.16. The van der Waals surface area contributed by atoms with Crippen molar-refractivity contribution in [3.63, 3.8) is 0 Å². The molecule has 1 aromatic rings. The predicted molar refractivity (Wildman–Crippen MR) is 77.6 cm³/mol. The van der Waals surface area contributed by atoms with Gasteiger partial charge in [0, 0.05) is 25.0 Å². The van der Waals surface area contributed by atoms with Crippen molar-refractivity contribution in [2.75, 3.05) is 20.1 Å². The predicted octanol–water partition coefficient (Wildman–Crippen LogP) is 2.68. The average molecular weight is 249 g/mol. The van der Waals surface area contributed by atoms with Crippen LogP contribution in [0.2, 0.25) is 0 Å². The van der Waals surface area contributed by atoms with Crippen LogP contribution < -0.4 is 5.32 Å². The molecule has 0 spiro atoms. The van der Waals surface area contributed by atoms with Crippen molar-refractivity contribution in [3.05, 3.63) is 30.1 Å². The van der Waals surface area contributed by atoms with E-state index in [0.29, 0.717) is 6.04 Å². The standard InChI is InChI=1S/C15H27N3/c1-4-17-14(2)7-5-6-12-18(3)13-15-8-10-16-11-9-15/h8-11,14,17H,4-7,12-13H2,1-3H3. The molecule has 0 aliphatic rings. The number of rotatable bonds is 9. The third-order valence-corrected chi connectivity index (χ3v) is 3.18. The lowest BCUT2D eigenvalue weighted by Crippen LogP contribution is -2.25. The number of nitrogens with one attached hydrogen (secondary N) is 1. The van der Waals surface area contributed by atoms with Gasteiger partial charge in [-0.05, 0) is 57.6 Å². The second-order valence-corrected chi connectivity index (χ2v) is 5.05. The molecule has 0 amide bonds. The summed E-state index contributed by atoms with van der Waals surface area (Å²) >= 11 is 0. The van der Waals surface area contributed by atoms with Crippen molar-refractivity contribution < 1.29 is 0 Å². The molecule has 0 saturated carbocycles. The van der Waals surface area contributed by atoms with Crippen LogP contribution in [0.3, 0.4) is 0 Å². The summed E-state index contributed by atoms with van der Waals surface area (Å²) in [7, 11) is 2.19. The molecule has 1 aromatic heterocycles. The highest BCUT2D eigenvalue weighted by Crippen LogP contribution is 2.05. The van der Waals surface area contributed by atoms with Gasteiger partial charge in [0.05, 0.1) is 0 Å². The number of pyridine rings is 1. The Hall–Kier alpha value is -0.930. The van der Waals surface area contributed by atoms with Gasteiger partial charge in [-0.3, -0.25) is 4.98 Å². The molecule has 1 unspecified atom stereocenters. The fourth-order valence-electron chi connectivity index (χ4n) is 2.16. The maximum absolute atomic E-state index is 4.04. The Kier molecular flexibility index (Phi) is 7.62. The average Bonchev–Trinajstić information content (AvgIpc) is 2.36. The lowest BCUT2D eigenvalue weighted by molar-refractivity contribution is 0.314. The van der Waals surface area contributed by atoms with Crippen LogP contribution in [-0.2, 0) is 6.54 Å². The maximum atomic E-state index is 4.04. The first-order valence-electron chi connectivity index (χ1n) is 7.03. The molecule has 18 heavy (non-hydrogen) atoms. The summed E-state index contributed by atoms with van der Waals surface area (Å²) in [6, 6.07) is 4.83. The van der Waals surface area contributed by atoms with E-state index in [9.17, 15) is 0 Å². The first-order chi connectivity index (χ1) is 8.72. The number of unbranched alkanes of at least 4 members (excludes halogenated alkanes) is 1. The zero-order valence-electron chi connectivity index (χ0n) is 12.0. The van der Waals surface area contributed by atoms with Crippen LogP contribution in [-0.4, -0.2) is 36.1 Å². The van der Waals surface area contributed by atoms with E-state index in [2.05, 4.69) is 48.2 Å². The first kappa shape index (κ1) is 15.1. The van der Waals surface area contributed by atoms with Crippen molar-refractivity contribution in [1.82, 2.24) is 15.2 Å². The van der Waals surface area contributed by atoms with Gasteiger partial charge < -0.3 is 10.2 Å². The molecule has 0 radical (unpaired) electrons. The van der Waals surface area contributed by atoms with Gasteiger partial charge >= 0.3 is 0 Å². The van der Waals surface area contributed by atoms with E-state index in [1.165, 1.54) is 31.4 Å². The Morgan fingerprint density at radius 1 is 1.28 bits per heavy atom. The molecule has 3 heteroatoms. The van der Waals surface area contributed by atoms with Crippen LogP contribution in [0.15, 0.2) is 24.5 Å². The van der Waals surface area contributed by atoms with Crippen LogP contribution in [0.5, 0.6) is 0 Å². The molecule has 3 nitrogen and oxygen atoms in total. The normalized spacial score (nSPS) is 12.9. The third kappa shape index (κ3) is 6.72. The van der Waals surface area contributed by atoms with Crippen molar-refractivity contribution in [2.24, 2.45) is 0 Å². The van der Waals surface area contributed by atoms with Crippen molar-refractivity contribution in [2.45, 2.75) is 45.7 Å². The van der Waals surface area contributed by atoms with Gasteiger partial charge in [0.15, 0.2) is 0 Å². The largest absolute Gasteiger partial charge is 0.315 e. The van der Waals surface area contributed by atoms with Gasteiger partial charge in [-0.2, -0.15) is 0 Å². The van der Waals surface area contributed by atoms with E-state index in [4.69, 9.17) is 0 Å². The number of nitrogens with zero attached hydrogens (tertiary/aromatic N) is 2. The fraction of sp³-hybridized carbons (Fsp3) is 0.667. The molecule has 0 fully saturated rings. The topological polar surface area (TPSA) is 28.2 Å². The highest BCUT2D eigenvalue weighted by Gasteiger charge is 2.02. The van der Waals surface area contributed by atoms with Gasteiger partial charge in [-0.1, -0.05) is 13.3 Å². The maximum Gasteiger partial charge on any atom is 0.0271 e. The Morgan fingerprint density at radius 2 is 2.00 bits per heavy atom. The van der Waals surface area contributed by atoms with E-state index in [1.807, 2.05) is 12.4 Å². The van der Waals surface area contributed by atoms with Gasteiger partial charge in [-0.15, -0.1) is 0 Å². The van der Waals surface area contributed by atoms with Crippen LogP contribution in [0.4, 0.5) is 0 Å². The van der Waals surface area contributed by atoms with Gasteiger partial charge in [0.25, 0.3) is 0 Å². The number of aromatic nitrogens is 1. The van der Waals surface area contributed by atoms with Crippen LogP contribution in [0, 0.1) is 0 Å². The summed E-state index contributed by atoms with van der Waals surface area (Å²) in [5, 5.41) is 3.45. The van der Waals surface area contributed by atoms with E-state index in [1.54, 1.807) is 0 Å². The second-order valence-electron chi connectivity index (χ2n) is 5.05. The van der Waals surface area contributed by atoms with Gasteiger partial charge in [0.1, 0.15) is 0 Å². The van der Waals surface area contributed by atoms with Gasteiger partial charge in [0.2, 0.25) is 0 Å². The molecule has 0 aliphatic carbocycles. The minimum Gasteiger partial charge on any atom is -0.315 e. The smallest absolute Gasteiger partial charge is 0.0271 e. The van der Waals surface area contributed by atoms with Crippen molar-refractivity contribution >= 4 is 0 Å². The van der Waals surface area contributed by atoms with Crippen molar-refractivity contribution in [1.29, 1.82) is 0 Å². The van der Waals surface area contributed by atoms with E-state index < -0.39 is 0 Å². The van der Waals surface area contributed by atoms with Crippen molar-refractivity contribution in [3.8, 4) is 0 Å². The lowest BCUT2D eigenvalue weighted by Gasteiger charge is -2.17. The van der Waals surface area contributed by atoms with Gasteiger partial charge in [-0.25, -0.2) is 0 Å². The highest BCUT2D eigenvalue weighted by molar-refractivity contribution is 5.09. The van der Waals surface area contributed by atoms with Crippen LogP contribution in [0.1, 0.15) is 38.7 Å². The third-order valence-electron chi connectivity index (χ3n) is 3.18. The van der Waals surface area contributed by atoms with E-state index >= 15 is 0 Å². The quantitative estimate of drug-likeness (QED) is 0.682. The zero-order valence-corrected chi connectivity index (χ0v) is 12.0. The summed E-state index contributed by atoms with van der Waals surface area (Å²) in [6.07, 6.45) is 7.58. The summed E-state index contributed by atoms with van der Waals surface area (Å²) in [4.78, 5) is 6.42. The minimum atomic E-state index is 0.653. The Bertz CT molecular complexity index is 300. The monoisotopic (exact) mass is 249 g/mol. The minimum absolute atomic E-state index is 0.653. The lowest BCUT2D eigenvalue weighted by atomic mass is 10.1. The molecular weight excluding hydrogens is 222 g/mol. The molecule has 0 aromatic carbocycles. The first-order valence-corrected chi connectivity index (χ1v) is 7.03. The molecule has 1 rings (SSSR count).